The van der Waals surface area contributed by atoms with Crippen LogP contribution in [0, 0.1) is 23.5 Å². The van der Waals surface area contributed by atoms with E-state index in [1.165, 1.54) is 29.3 Å². The quantitative estimate of drug-likeness (QED) is 0.680. The van der Waals surface area contributed by atoms with Gasteiger partial charge in [0, 0.05) is 24.5 Å². The van der Waals surface area contributed by atoms with Crippen molar-refractivity contribution in [3.05, 3.63) is 59.7 Å². The first-order chi connectivity index (χ1) is 15.7. The molecule has 1 aliphatic heterocycles. The Hall–Kier alpha value is -2.56. The minimum absolute atomic E-state index is 0.00680. The average Bonchev–Trinajstić information content (AvgIpc) is 3.27. The Kier molecular flexibility index (Phi) is 6.96. The van der Waals surface area contributed by atoms with E-state index in [9.17, 15) is 22.0 Å². The number of rotatable bonds is 6. The van der Waals surface area contributed by atoms with Crippen molar-refractivity contribution in [2.24, 2.45) is 17.0 Å². The molecule has 2 fully saturated rings. The summed E-state index contributed by atoms with van der Waals surface area (Å²) < 4.78 is 56.0. The molecule has 1 heterocycles. The summed E-state index contributed by atoms with van der Waals surface area (Å²) in [6, 6.07) is 8.82. The number of benzene rings is 2. The van der Waals surface area contributed by atoms with Gasteiger partial charge in [-0.05, 0) is 61.4 Å². The number of hydrogen-bond acceptors (Lipinski definition) is 5. The largest absolute Gasteiger partial charge is 0.493 e. The summed E-state index contributed by atoms with van der Waals surface area (Å²) in [6.45, 7) is 0.718. The molecule has 0 aromatic heterocycles. The van der Waals surface area contributed by atoms with E-state index in [4.69, 9.17) is 14.7 Å². The summed E-state index contributed by atoms with van der Waals surface area (Å²) in [5.41, 5.74) is 0.391. The molecule has 1 aliphatic carbocycles. The number of carbonyl (C=O) groups excluding carboxylic acids is 1. The highest BCUT2D eigenvalue weighted by molar-refractivity contribution is 7.89. The van der Waals surface area contributed by atoms with E-state index in [0.29, 0.717) is 43.8 Å². The van der Waals surface area contributed by atoms with E-state index in [1.807, 2.05) is 0 Å². The molecule has 1 amide bonds. The Morgan fingerprint density at radius 3 is 2.42 bits per heavy atom. The number of hydrogen-bond donors (Lipinski definition) is 1. The third-order valence-corrected chi connectivity index (χ3v) is 7.12. The lowest BCUT2D eigenvalue weighted by molar-refractivity contribution is -0.183. The third kappa shape index (κ3) is 5.69. The molecule has 2 aliphatic rings. The Balaban J connectivity index is 1.32. The predicted octanol–water partition coefficient (Wildman–Crippen LogP) is 3.70. The molecule has 2 N–H and O–H groups in total. The van der Waals surface area contributed by atoms with Gasteiger partial charge in [-0.3, -0.25) is 9.63 Å². The molecule has 1 saturated carbocycles. The normalized spacial score (nSPS) is 23.5. The summed E-state index contributed by atoms with van der Waals surface area (Å²) >= 11 is 0. The fourth-order valence-corrected chi connectivity index (χ4v) is 5.02. The fourth-order valence-electron chi connectivity index (χ4n) is 4.47. The summed E-state index contributed by atoms with van der Waals surface area (Å²) in [5.74, 6) is -1.11. The number of amides is 1. The first kappa shape index (κ1) is 23.6. The van der Waals surface area contributed by atoms with Gasteiger partial charge in [0.15, 0.2) is 0 Å². The molecule has 178 valence electrons. The van der Waals surface area contributed by atoms with Crippen LogP contribution in [0.25, 0.3) is 0 Å². The van der Waals surface area contributed by atoms with Crippen molar-refractivity contribution in [1.29, 1.82) is 0 Å². The molecular weight excluding hydrogens is 454 g/mol. The highest BCUT2D eigenvalue weighted by Crippen LogP contribution is 2.36. The van der Waals surface area contributed by atoms with Crippen molar-refractivity contribution < 1.29 is 31.6 Å². The topological polar surface area (TPSA) is 98.9 Å². The monoisotopic (exact) mass is 480 g/mol. The number of halogens is 2. The van der Waals surface area contributed by atoms with Crippen LogP contribution < -0.4 is 9.88 Å². The molecule has 0 unspecified atom stereocenters. The van der Waals surface area contributed by atoms with Crippen LogP contribution in [0.4, 0.5) is 8.78 Å². The first-order valence-corrected chi connectivity index (χ1v) is 12.4. The van der Waals surface area contributed by atoms with Gasteiger partial charge in [-0.15, -0.1) is 0 Å². The molecule has 7 nitrogen and oxygen atoms in total. The number of nitrogens with two attached hydrogens (primary N) is 1. The number of primary sulfonamides is 1. The number of ether oxygens (including phenoxy) is 1. The molecule has 10 heteroatoms. The van der Waals surface area contributed by atoms with Gasteiger partial charge in [-0.2, -0.15) is 0 Å². The van der Waals surface area contributed by atoms with Crippen LogP contribution in [0.5, 0.6) is 5.75 Å². The van der Waals surface area contributed by atoms with Gasteiger partial charge in [0.2, 0.25) is 15.9 Å². The Morgan fingerprint density at radius 1 is 1.06 bits per heavy atom. The van der Waals surface area contributed by atoms with Crippen molar-refractivity contribution in [2.45, 2.75) is 43.0 Å². The molecule has 2 aromatic carbocycles. The highest BCUT2D eigenvalue weighted by atomic mass is 32.2. The first-order valence-electron chi connectivity index (χ1n) is 10.9. The molecule has 1 saturated heterocycles. The van der Waals surface area contributed by atoms with Crippen molar-refractivity contribution in [3.63, 3.8) is 0 Å². The Labute approximate surface area is 191 Å². The van der Waals surface area contributed by atoms with Gasteiger partial charge in [0.1, 0.15) is 17.4 Å². The SMILES string of the molecule is NS(=O)(=O)c1cccc(OCC2CCC(C(=O)N3OCC[C@H]3c3cc(F)cc(F)c3)CC2)c1. The lowest BCUT2D eigenvalue weighted by Crippen LogP contribution is -2.37. The zero-order valence-electron chi connectivity index (χ0n) is 18.0. The van der Waals surface area contributed by atoms with Gasteiger partial charge >= 0.3 is 0 Å². The van der Waals surface area contributed by atoms with Gasteiger partial charge in [-0.25, -0.2) is 27.4 Å². The highest BCUT2D eigenvalue weighted by Gasteiger charge is 2.37. The molecule has 0 bridgehead atoms. The summed E-state index contributed by atoms with van der Waals surface area (Å²) in [6.07, 6.45) is 3.30. The van der Waals surface area contributed by atoms with Crippen LogP contribution in [0.1, 0.15) is 43.7 Å². The molecule has 0 radical (unpaired) electrons. The van der Waals surface area contributed by atoms with E-state index in [1.54, 1.807) is 12.1 Å². The number of carbonyl (C=O) groups is 1. The summed E-state index contributed by atoms with van der Waals surface area (Å²) in [5, 5.41) is 6.44. The van der Waals surface area contributed by atoms with Crippen molar-refractivity contribution in [3.8, 4) is 5.75 Å². The Morgan fingerprint density at radius 2 is 1.76 bits per heavy atom. The van der Waals surface area contributed by atoms with Crippen LogP contribution in [-0.4, -0.2) is 32.6 Å². The van der Waals surface area contributed by atoms with E-state index >= 15 is 0 Å². The minimum atomic E-state index is -3.80. The molecule has 2 aromatic rings. The van der Waals surface area contributed by atoms with Gasteiger partial charge in [-0.1, -0.05) is 6.07 Å². The van der Waals surface area contributed by atoms with Crippen LogP contribution >= 0.6 is 0 Å². The molecule has 0 spiro atoms. The van der Waals surface area contributed by atoms with Gasteiger partial charge in [0.05, 0.1) is 24.2 Å². The van der Waals surface area contributed by atoms with Gasteiger partial charge in [0.25, 0.3) is 0 Å². The zero-order valence-corrected chi connectivity index (χ0v) is 18.8. The third-order valence-electron chi connectivity index (χ3n) is 6.21. The van der Waals surface area contributed by atoms with Crippen LogP contribution in [0.3, 0.4) is 0 Å². The minimum Gasteiger partial charge on any atom is -0.493 e. The molecule has 4 rings (SSSR count). The molecule has 1 atom stereocenters. The average molecular weight is 481 g/mol. The maximum atomic E-state index is 13.7. The van der Waals surface area contributed by atoms with Crippen molar-refractivity contribution in [2.75, 3.05) is 13.2 Å². The Bertz CT molecular complexity index is 1100. The fraction of sp³-hybridized carbons (Fsp3) is 0.435. The lowest BCUT2D eigenvalue weighted by atomic mass is 9.81. The second-order valence-electron chi connectivity index (χ2n) is 8.55. The zero-order chi connectivity index (χ0) is 23.6. The van der Waals surface area contributed by atoms with Crippen LogP contribution in [-0.2, 0) is 19.7 Å². The second-order valence-corrected chi connectivity index (χ2v) is 10.1. The number of nitrogens with zero attached hydrogens (tertiary/aromatic N) is 1. The number of sulfonamides is 1. The van der Waals surface area contributed by atoms with Crippen LogP contribution in [0.2, 0.25) is 0 Å². The van der Waals surface area contributed by atoms with E-state index in [2.05, 4.69) is 0 Å². The lowest BCUT2D eigenvalue weighted by Gasteiger charge is -2.32. The van der Waals surface area contributed by atoms with Crippen molar-refractivity contribution in [1.82, 2.24) is 5.06 Å². The molecule has 33 heavy (non-hydrogen) atoms. The van der Waals surface area contributed by atoms with Crippen molar-refractivity contribution >= 4 is 15.9 Å². The number of hydroxylamine groups is 2. The van der Waals surface area contributed by atoms with Gasteiger partial charge < -0.3 is 4.74 Å². The smallest absolute Gasteiger partial charge is 0.249 e. The maximum Gasteiger partial charge on any atom is 0.249 e. The van der Waals surface area contributed by atoms with Crippen LogP contribution in [0.15, 0.2) is 47.4 Å². The second kappa shape index (κ2) is 9.74. The van der Waals surface area contributed by atoms with E-state index in [-0.39, 0.29) is 22.6 Å². The summed E-state index contributed by atoms with van der Waals surface area (Å²) in [7, 11) is -3.80. The summed E-state index contributed by atoms with van der Waals surface area (Å²) in [4.78, 5) is 18.6. The van der Waals surface area contributed by atoms with E-state index < -0.39 is 27.7 Å². The molecular formula is C23H26F2N2O5S. The maximum absolute atomic E-state index is 13.7. The predicted molar refractivity (Wildman–Crippen MR) is 115 cm³/mol. The standard InChI is InChI=1S/C23H26F2N2O5S/c24-18-10-17(11-19(25)12-18)22-8-9-32-27(22)23(28)16-6-4-15(5-7-16)14-31-20-2-1-3-21(13-20)33(26,29)30/h1-3,10-13,15-16,22H,4-9,14H2,(H2,26,29,30)/t15?,16?,22-/m0/s1. The van der Waals surface area contributed by atoms with E-state index in [0.717, 1.165) is 18.9 Å².